The van der Waals surface area contributed by atoms with Gasteiger partial charge in [0.25, 0.3) is 0 Å². The molecule has 0 saturated carbocycles. The predicted molar refractivity (Wildman–Crippen MR) is 101 cm³/mol. The lowest BCUT2D eigenvalue weighted by Gasteiger charge is -2.38. The number of aliphatic imine (C=N–C) groups is 1. The third kappa shape index (κ3) is 5.08. The fourth-order valence-electron chi connectivity index (χ4n) is 4.29. The number of piperidine rings is 1. The molecule has 0 bridgehead atoms. The summed E-state index contributed by atoms with van der Waals surface area (Å²) >= 11 is 0. The Morgan fingerprint density at radius 2 is 1.92 bits per heavy atom. The monoisotopic (exact) mass is 352 g/mol. The Morgan fingerprint density at radius 1 is 1.04 bits per heavy atom. The molecule has 6 nitrogen and oxygen atoms in total. The third-order valence-electron chi connectivity index (χ3n) is 5.71. The number of nitrogens with zero attached hydrogens (tertiary/aromatic N) is 3. The van der Waals surface area contributed by atoms with Crippen LogP contribution in [-0.2, 0) is 9.47 Å². The van der Waals surface area contributed by atoms with Crippen molar-refractivity contribution in [3.8, 4) is 0 Å². The standard InChI is InChI=1S/C19H36N4O2/c1-3-20-19(21-14-16-8-5-6-10-22(16)4-2)23-11-13-25-18(15-23)17-9-7-12-24-17/h16-18H,3-15H2,1-2H3,(H,20,21). The van der Waals surface area contributed by atoms with Gasteiger partial charge >= 0.3 is 0 Å². The van der Waals surface area contributed by atoms with Gasteiger partial charge in [0, 0.05) is 32.3 Å². The van der Waals surface area contributed by atoms with Crippen molar-refractivity contribution in [3.63, 3.8) is 0 Å². The lowest BCUT2D eigenvalue weighted by molar-refractivity contribution is -0.0817. The average molecular weight is 353 g/mol. The highest BCUT2D eigenvalue weighted by Gasteiger charge is 2.32. The quantitative estimate of drug-likeness (QED) is 0.603. The molecule has 0 amide bonds. The summed E-state index contributed by atoms with van der Waals surface area (Å²) in [5.74, 6) is 1.05. The van der Waals surface area contributed by atoms with Crippen LogP contribution in [0.4, 0.5) is 0 Å². The number of rotatable bonds is 5. The molecule has 0 aromatic carbocycles. The molecule has 3 heterocycles. The molecule has 0 radical (unpaired) electrons. The minimum absolute atomic E-state index is 0.182. The van der Waals surface area contributed by atoms with Crippen molar-refractivity contribution in [3.05, 3.63) is 0 Å². The van der Waals surface area contributed by atoms with Gasteiger partial charge in [-0.1, -0.05) is 13.3 Å². The van der Waals surface area contributed by atoms with E-state index in [1.165, 1.54) is 25.8 Å². The van der Waals surface area contributed by atoms with Gasteiger partial charge < -0.3 is 19.7 Å². The summed E-state index contributed by atoms with van der Waals surface area (Å²) in [5.41, 5.74) is 0. The summed E-state index contributed by atoms with van der Waals surface area (Å²) < 4.78 is 11.8. The molecule has 0 aromatic heterocycles. The highest BCUT2D eigenvalue weighted by Crippen LogP contribution is 2.21. The molecule has 3 fully saturated rings. The molecule has 144 valence electrons. The van der Waals surface area contributed by atoms with Gasteiger partial charge in [-0.2, -0.15) is 0 Å². The topological polar surface area (TPSA) is 49.3 Å². The Labute approximate surface area is 152 Å². The van der Waals surface area contributed by atoms with Crippen LogP contribution in [0.2, 0.25) is 0 Å². The Balaban J connectivity index is 1.60. The molecule has 3 saturated heterocycles. The van der Waals surface area contributed by atoms with E-state index in [9.17, 15) is 0 Å². The highest BCUT2D eigenvalue weighted by molar-refractivity contribution is 5.80. The smallest absolute Gasteiger partial charge is 0.194 e. The first-order chi connectivity index (χ1) is 12.3. The van der Waals surface area contributed by atoms with Gasteiger partial charge in [0.05, 0.1) is 19.3 Å². The molecule has 1 N–H and O–H groups in total. The second-order valence-electron chi connectivity index (χ2n) is 7.38. The van der Waals surface area contributed by atoms with Gasteiger partial charge in [-0.25, -0.2) is 0 Å². The van der Waals surface area contributed by atoms with Crippen LogP contribution in [0.5, 0.6) is 0 Å². The Bertz CT molecular complexity index is 426. The molecule has 3 aliphatic heterocycles. The van der Waals surface area contributed by atoms with Crippen LogP contribution in [0.15, 0.2) is 4.99 Å². The average Bonchev–Trinajstić information content (AvgIpc) is 3.20. The van der Waals surface area contributed by atoms with Crippen molar-refractivity contribution in [2.24, 2.45) is 4.99 Å². The van der Waals surface area contributed by atoms with Crippen molar-refractivity contribution in [1.82, 2.24) is 15.1 Å². The van der Waals surface area contributed by atoms with Crippen LogP contribution >= 0.6 is 0 Å². The van der Waals surface area contributed by atoms with E-state index in [0.717, 1.165) is 64.7 Å². The lowest BCUT2D eigenvalue weighted by atomic mass is 10.0. The summed E-state index contributed by atoms with van der Waals surface area (Å²) in [7, 11) is 0. The van der Waals surface area contributed by atoms with E-state index in [4.69, 9.17) is 14.5 Å². The summed E-state index contributed by atoms with van der Waals surface area (Å²) in [4.78, 5) is 9.98. The van der Waals surface area contributed by atoms with E-state index in [2.05, 4.69) is 29.0 Å². The van der Waals surface area contributed by atoms with Gasteiger partial charge in [-0.15, -0.1) is 0 Å². The molecule has 3 unspecified atom stereocenters. The van der Waals surface area contributed by atoms with Crippen LogP contribution in [0, 0.1) is 0 Å². The maximum absolute atomic E-state index is 5.99. The van der Waals surface area contributed by atoms with Crippen LogP contribution < -0.4 is 5.32 Å². The minimum atomic E-state index is 0.182. The SMILES string of the molecule is CCNC(=NCC1CCCCN1CC)N1CCOC(C2CCCO2)C1. The maximum Gasteiger partial charge on any atom is 0.194 e. The minimum Gasteiger partial charge on any atom is -0.375 e. The van der Waals surface area contributed by atoms with Gasteiger partial charge in [0.1, 0.15) is 6.10 Å². The number of hydrogen-bond donors (Lipinski definition) is 1. The molecule has 25 heavy (non-hydrogen) atoms. The first-order valence-electron chi connectivity index (χ1n) is 10.3. The number of nitrogens with one attached hydrogen (secondary N) is 1. The second-order valence-corrected chi connectivity index (χ2v) is 7.38. The van der Waals surface area contributed by atoms with E-state index in [1.54, 1.807) is 0 Å². The zero-order chi connectivity index (χ0) is 17.5. The van der Waals surface area contributed by atoms with Crippen LogP contribution in [0.1, 0.15) is 46.0 Å². The van der Waals surface area contributed by atoms with E-state index >= 15 is 0 Å². The van der Waals surface area contributed by atoms with Crippen LogP contribution in [-0.4, -0.2) is 86.5 Å². The zero-order valence-corrected chi connectivity index (χ0v) is 16.1. The fraction of sp³-hybridized carbons (Fsp3) is 0.947. The first kappa shape index (κ1) is 18.9. The molecular weight excluding hydrogens is 316 g/mol. The van der Waals surface area contributed by atoms with Crippen LogP contribution in [0.3, 0.4) is 0 Å². The van der Waals surface area contributed by atoms with Gasteiger partial charge in [-0.05, 0) is 45.7 Å². The molecule has 0 aliphatic carbocycles. The van der Waals surface area contributed by atoms with Gasteiger partial charge in [0.2, 0.25) is 0 Å². The summed E-state index contributed by atoms with van der Waals surface area (Å²) in [5, 5.41) is 3.50. The van der Waals surface area contributed by atoms with Crippen LogP contribution in [0.25, 0.3) is 0 Å². The number of likely N-dealkylation sites (tertiary alicyclic amines) is 1. The number of likely N-dealkylation sites (N-methyl/N-ethyl adjacent to an activating group) is 1. The fourth-order valence-corrected chi connectivity index (χ4v) is 4.29. The summed E-state index contributed by atoms with van der Waals surface area (Å²) in [6, 6.07) is 0.599. The normalized spacial score (nSPS) is 32.2. The first-order valence-corrected chi connectivity index (χ1v) is 10.3. The zero-order valence-electron chi connectivity index (χ0n) is 16.1. The van der Waals surface area contributed by atoms with Crippen molar-refractivity contribution in [2.75, 3.05) is 52.5 Å². The summed E-state index contributed by atoms with van der Waals surface area (Å²) in [6.07, 6.45) is 6.68. The van der Waals surface area contributed by atoms with Crippen molar-refractivity contribution in [1.29, 1.82) is 0 Å². The Morgan fingerprint density at radius 3 is 2.68 bits per heavy atom. The molecule has 0 aromatic rings. The Kier molecular flexibility index (Phi) is 7.37. The number of guanidine groups is 1. The predicted octanol–water partition coefficient (Wildman–Crippen LogP) is 1.71. The third-order valence-corrected chi connectivity index (χ3v) is 5.71. The van der Waals surface area contributed by atoms with Gasteiger partial charge in [-0.3, -0.25) is 9.89 Å². The molecule has 6 heteroatoms. The Hall–Kier alpha value is -0.850. The molecule has 3 aliphatic rings. The largest absolute Gasteiger partial charge is 0.375 e. The van der Waals surface area contributed by atoms with Gasteiger partial charge in [0.15, 0.2) is 5.96 Å². The maximum atomic E-state index is 5.99. The van der Waals surface area contributed by atoms with Crippen molar-refractivity contribution in [2.45, 2.75) is 64.2 Å². The van der Waals surface area contributed by atoms with E-state index in [0.29, 0.717) is 6.04 Å². The molecule has 0 spiro atoms. The number of hydrogen-bond acceptors (Lipinski definition) is 4. The van der Waals surface area contributed by atoms with E-state index in [1.807, 2.05) is 0 Å². The molecule has 3 rings (SSSR count). The second kappa shape index (κ2) is 9.74. The number of morpholine rings is 1. The van der Waals surface area contributed by atoms with Crippen molar-refractivity contribution < 1.29 is 9.47 Å². The van der Waals surface area contributed by atoms with Crippen molar-refractivity contribution >= 4 is 5.96 Å². The highest BCUT2D eigenvalue weighted by atomic mass is 16.5. The molecular formula is C19H36N4O2. The van der Waals surface area contributed by atoms with E-state index in [-0.39, 0.29) is 12.2 Å². The lowest BCUT2D eigenvalue weighted by Crippen LogP contribution is -2.53. The molecule has 3 atom stereocenters. The summed E-state index contributed by atoms with van der Waals surface area (Å²) in [6.45, 7) is 12.0. The van der Waals surface area contributed by atoms with E-state index < -0.39 is 0 Å². The number of ether oxygens (including phenoxy) is 2.